The minimum atomic E-state index is 0.826. The predicted octanol–water partition coefficient (Wildman–Crippen LogP) is 2.78. The number of hydrogen-bond donors (Lipinski definition) is 3. The Bertz CT molecular complexity index is 124. The summed E-state index contributed by atoms with van der Waals surface area (Å²) in [5, 5.41) is 3.48. The molecule has 3 heteroatoms. The number of rotatable bonds is 15. The van der Waals surface area contributed by atoms with Crippen molar-refractivity contribution < 1.29 is 0 Å². The second kappa shape index (κ2) is 16.9. The smallest absolute Gasteiger partial charge is 0.00484 e. The van der Waals surface area contributed by atoms with Gasteiger partial charge in [-0.05, 0) is 51.9 Å². The van der Waals surface area contributed by atoms with Crippen LogP contribution < -0.4 is 16.8 Å². The Kier molecular flexibility index (Phi) is 16.8. The summed E-state index contributed by atoms with van der Waals surface area (Å²) < 4.78 is 0. The Labute approximate surface area is 114 Å². The maximum Gasteiger partial charge on any atom is -0.00484 e. The van der Waals surface area contributed by atoms with Gasteiger partial charge >= 0.3 is 0 Å². The molecule has 0 aromatic rings. The van der Waals surface area contributed by atoms with Crippen molar-refractivity contribution in [3.05, 3.63) is 0 Å². The molecule has 0 saturated heterocycles. The highest BCUT2D eigenvalue weighted by Crippen LogP contribution is 2.09. The van der Waals surface area contributed by atoms with Gasteiger partial charge < -0.3 is 16.8 Å². The molecule has 0 radical (unpaired) electrons. The van der Waals surface area contributed by atoms with Crippen LogP contribution in [0.4, 0.5) is 0 Å². The number of hydrogen-bond acceptors (Lipinski definition) is 3. The van der Waals surface area contributed by atoms with Crippen LogP contribution in [0.25, 0.3) is 0 Å². The Morgan fingerprint density at radius 2 is 0.778 bits per heavy atom. The fourth-order valence-electron chi connectivity index (χ4n) is 2.15. The summed E-state index contributed by atoms with van der Waals surface area (Å²) in [5.74, 6) is 0. The molecule has 0 aliphatic heterocycles. The van der Waals surface area contributed by atoms with E-state index >= 15 is 0 Å². The molecule has 110 valence electrons. The third-order valence-electron chi connectivity index (χ3n) is 3.37. The van der Waals surface area contributed by atoms with E-state index in [1.807, 2.05) is 0 Å². The Morgan fingerprint density at radius 1 is 0.444 bits per heavy atom. The van der Waals surface area contributed by atoms with Crippen LogP contribution in [-0.2, 0) is 0 Å². The van der Waals surface area contributed by atoms with E-state index in [-0.39, 0.29) is 0 Å². The van der Waals surface area contributed by atoms with Crippen molar-refractivity contribution in [1.29, 1.82) is 0 Å². The molecule has 0 aliphatic carbocycles. The first-order valence-corrected chi connectivity index (χ1v) is 8.02. The van der Waals surface area contributed by atoms with Crippen LogP contribution in [0.3, 0.4) is 0 Å². The normalized spacial score (nSPS) is 11.0. The van der Waals surface area contributed by atoms with Gasteiger partial charge in [-0.2, -0.15) is 0 Å². The zero-order valence-corrected chi connectivity index (χ0v) is 12.3. The van der Waals surface area contributed by atoms with E-state index < -0.39 is 0 Å². The lowest BCUT2D eigenvalue weighted by atomic mass is 10.1. The minimum Gasteiger partial charge on any atom is -0.330 e. The van der Waals surface area contributed by atoms with Gasteiger partial charge in [-0.25, -0.2) is 0 Å². The van der Waals surface area contributed by atoms with Crippen LogP contribution in [0.2, 0.25) is 0 Å². The fraction of sp³-hybridized carbons (Fsp3) is 1.00. The summed E-state index contributed by atoms with van der Waals surface area (Å²) in [7, 11) is 0. The molecule has 0 aliphatic rings. The summed E-state index contributed by atoms with van der Waals surface area (Å²) >= 11 is 0. The molecule has 18 heavy (non-hydrogen) atoms. The summed E-state index contributed by atoms with van der Waals surface area (Å²) in [6, 6.07) is 0. The van der Waals surface area contributed by atoms with Crippen LogP contribution >= 0.6 is 0 Å². The highest BCUT2D eigenvalue weighted by Gasteiger charge is 1.92. The number of unbranched alkanes of at least 4 members (excludes halogenated alkanes) is 9. The van der Waals surface area contributed by atoms with E-state index in [1.54, 1.807) is 0 Å². The fourth-order valence-corrected chi connectivity index (χ4v) is 2.15. The van der Waals surface area contributed by atoms with E-state index in [9.17, 15) is 0 Å². The summed E-state index contributed by atoms with van der Waals surface area (Å²) in [5.41, 5.74) is 10.9. The third kappa shape index (κ3) is 15.9. The van der Waals surface area contributed by atoms with Crippen LogP contribution in [0, 0.1) is 0 Å². The largest absolute Gasteiger partial charge is 0.330 e. The van der Waals surface area contributed by atoms with Gasteiger partial charge in [0.2, 0.25) is 0 Å². The lowest BCUT2D eigenvalue weighted by molar-refractivity contribution is 0.541. The van der Waals surface area contributed by atoms with Gasteiger partial charge in [0.15, 0.2) is 0 Å². The molecule has 0 unspecified atom stereocenters. The van der Waals surface area contributed by atoms with Crippen molar-refractivity contribution in [1.82, 2.24) is 5.32 Å². The van der Waals surface area contributed by atoms with Crippen molar-refractivity contribution in [2.75, 3.05) is 26.2 Å². The molecule has 5 N–H and O–H groups in total. The molecule has 0 atom stereocenters. The SMILES string of the molecule is NCCCCCCCCCCCNCCCCN. The molecular weight excluding hydrogens is 222 g/mol. The summed E-state index contributed by atoms with van der Waals surface area (Å²) in [6.45, 7) is 4.00. The van der Waals surface area contributed by atoms with Crippen molar-refractivity contribution in [3.63, 3.8) is 0 Å². The van der Waals surface area contributed by atoms with Crippen molar-refractivity contribution in [2.24, 2.45) is 11.5 Å². The van der Waals surface area contributed by atoms with E-state index in [1.165, 1.54) is 70.8 Å². The van der Waals surface area contributed by atoms with Gasteiger partial charge in [-0.1, -0.05) is 44.9 Å². The molecule has 0 saturated carbocycles. The first-order valence-electron chi connectivity index (χ1n) is 8.02. The summed E-state index contributed by atoms with van der Waals surface area (Å²) in [6.07, 6.45) is 14.6. The van der Waals surface area contributed by atoms with E-state index in [0.29, 0.717) is 0 Å². The van der Waals surface area contributed by atoms with Crippen LogP contribution in [0.1, 0.15) is 70.6 Å². The lowest BCUT2D eigenvalue weighted by Crippen LogP contribution is -2.17. The van der Waals surface area contributed by atoms with Gasteiger partial charge in [0.25, 0.3) is 0 Å². The van der Waals surface area contributed by atoms with Crippen LogP contribution in [0.15, 0.2) is 0 Å². The van der Waals surface area contributed by atoms with E-state index in [4.69, 9.17) is 11.5 Å². The average Bonchev–Trinajstić information content (AvgIpc) is 2.39. The third-order valence-corrected chi connectivity index (χ3v) is 3.37. The average molecular weight is 257 g/mol. The highest BCUT2D eigenvalue weighted by molar-refractivity contribution is 4.51. The molecule has 0 spiro atoms. The van der Waals surface area contributed by atoms with Crippen molar-refractivity contribution in [2.45, 2.75) is 70.6 Å². The number of nitrogens with one attached hydrogen (secondary N) is 1. The van der Waals surface area contributed by atoms with E-state index in [2.05, 4.69) is 5.32 Å². The highest BCUT2D eigenvalue weighted by atomic mass is 14.8. The molecule has 0 rings (SSSR count). The van der Waals surface area contributed by atoms with Crippen molar-refractivity contribution in [3.8, 4) is 0 Å². The lowest BCUT2D eigenvalue weighted by Gasteiger charge is -2.04. The second-order valence-corrected chi connectivity index (χ2v) is 5.22. The number of nitrogens with two attached hydrogens (primary N) is 2. The van der Waals surface area contributed by atoms with Gasteiger partial charge in [0.1, 0.15) is 0 Å². The Hall–Kier alpha value is -0.120. The maximum atomic E-state index is 5.46. The molecule has 3 nitrogen and oxygen atoms in total. The summed E-state index contributed by atoms with van der Waals surface area (Å²) in [4.78, 5) is 0. The molecule has 0 aromatic heterocycles. The van der Waals surface area contributed by atoms with Crippen molar-refractivity contribution >= 4 is 0 Å². The maximum absolute atomic E-state index is 5.46. The zero-order chi connectivity index (χ0) is 13.3. The first-order chi connectivity index (χ1) is 8.91. The Balaban J connectivity index is 2.86. The van der Waals surface area contributed by atoms with Gasteiger partial charge in [0, 0.05) is 0 Å². The second-order valence-electron chi connectivity index (χ2n) is 5.22. The predicted molar refractivity (Wildman–Crippen MR) is 81.8 cm³/mol. The molecule has 0 aromatic carbocycles. The zero-order valence-electron chi connectivity index (χ0n) is 12.3. The standard InChI is InChI=1S/C15H35N3/c16-12-8-6-4-2-1-3-5-7-10-14-18-15-11-9-13-17/h18H,1-17H2. The first kappa shape index (κ1) is 17.9. The molecule has 0 fully saturated rings. The van der Waals surface area contributed by atoms with Gasteiger partial charge in [-0.15, -0.1) is 0 Å². The molecular formula is C15H35N3. The molecule has 0 amide bonds. The minimum absolute atomic E-state index is 0.826. The van der Waals surface area contributed by atoms with Crippen LogP contribution in [-0.4, -0.2) is 26.2 Å². The Morgan fingerprint density at radius 3 is 1.28 bits per heavy atom. The monoisotopic (exact) mass is 257 g/mol. The molecule has 0 heterocycles. The topological polar surface area (TPSA) is 64.1 Å². The molecule has 0 bridgehead atoms. The van der Waals surface area contributed by atoms with Gasteiger partial charge in [-0.3, -0.25) is 0 Å². The van der Waals surface area contributed by atoms with E-state index in [0.717, 1.165) is 26.1 Å². The quantitative estimate of drug-likeness (QED) is 0.395. The van der Waals surface area contributed by atoms with Gasteiger partial charge in [0.05, 0.1) is 0 Å². The van der Waals surface area contributed by atoms with Crippen LogP contribution in [0.5, 0.6) is 0 Å².